The van der Waals surface area contributed by atoms with Gasteiger partial charge in [0.05, 0.1) is 5.69 Å². The summed E-state index contributed by atoms with van der Waals surface area (Å²) < 4.78 is 0. The van der Waals surface area contributed by atoms with Crippen LogP contribution >= 0.6 is 0 Å². The number of likely N-dealkylation sites (tertiary alicyclic amines) is 1. The molecule has 0 bridgehead atoms. The fourth-order valence-electron chi connectivity index (χ4n) is 3.76. The van der Waals surface area contributed by atoms with Crippen LogP contribution in [0.5, 0.6) is 0 Å². The number of benzene rings is 1. The Bertz CT molecular complexity index is 1010. The number of hydrogen-bond acceptors (Lipinski definition) is 4. The SMILES string of the molecule is C/C(=C\c1ccccc1)CN1CC[C@@H](c2cc(=O)[nH]c(-c3ccccn3)n2)C1. The average molecular weight is 372 g/mol. The second-order valence-electron chi connectivity index (χ2n) is 7.36. The van der Waals surface area contributed by atoms with Gasteiger partial charge in [0, 0.05) is 31.3 Å². The van der Waals surface area contributed by atoms with Crippen LogP contribution in [0.25, 0.3) is 17.6 Å². The summed E-state index contributed by atoms with van der Waals surface area (Å²) in [6.07, 6.45) is 4.95. The summed E-state index contributed by atoms with van der Waals surface area (Å²) in [7, 11) is 0. The molecule has 0 saturated carbocycles. The number of H-pyrrole nitrogens is 1. The fraction of sp³-hybridized carbons (Fsp3) is 0.261. The maximum atomic E-state index is 12.2. The normalized spacial score (nSPS) is 17.8. The summed E-state index contributed by atoms with van der Waals surface area (Å²) in [5, 5.41) is 0. The van der Waals surface area contributed by atoms with Gasteiger partial charge in [0.25, 0.3) is 5.56 Å². The topological polar surface area (TPSA) is 61.9 Å². The van der Waals surface area contributed by atoms with Gasteiger partial charge in [0.2, 0.25) is 0 Å². The van der Waals surface area contributed by atoms with Crippen LogP contribution in [0.4, 0.5) is 0 Å². The molecular weight excluding hydrogens is 348 g/mol. The third-order valence-corrected chi connectivity index (χ3v) is 5.05. The summed E-state index contributed by atoms with van der Waals surface area (Å²) >= 11 is 0. The Labute approximate surface area is 164 Å². The Morgan fingerprint density at radius 2 is 2.04 bits per heavy atom. The number of rotatable bonds is 5. The highest BCUT2D eigenvalue weighted by Crippen LogP contribution is 2.26. The second kappa shape index (κ2) is 8.31. The lowest BCUT2D eigenvalue weighted by molar-refractivity contribution is 0.363. The molecule has 1 fully saturated rings. The molecule has 0 aliphatic carbocycles. The smallest absolute Gasteiger partial charge is 0.251 e. The Hall–Kier alpha value is -3.05. The van der Waals surface area contributed by atoms with Crippen LogP contribution in [0.15, 0.2) is 71.2 Å². The van der Waals surface area contributed by atoms with Crippen molar-refractivity contribution >= 4 is 6.08 Å². The van der Waals surface area contributed by atoms with Gasteiger partial charge < -0.3 is 4.98 Å². The van der Waals surface area contributed by atoms with Crippen LogP contribution in [0, 0.1) is 0 Å². The van der Waals surface area contributed by atoms with E-state index in [9.17, 15) is 4.79 Å². The molecule has 5 nitrogen and oxygen atoms in total. The van der Waals surface area contributed by atoms with E-state index in [0.717, 1.165) is 31.7 Å². The molecule has 1 saturated heterocycles. The zero-order valence-electron chi connectivity index (χ0n) is 16.0. The molecule has 1 aliphatic rings. The molecule has 3 heterocycles. The highest BCUT2D eigenvalue weighted by Gasteiger charge is 2.25. The van der Waals surface area contributed by atoms with Gasteiger partial charge >= 0.3 is 0 Å². The summed E-state index contributed by atoms with van der Waals surface area (Å²) in [6, 6.07) is 17.6. The molecule has 0 amide bonds. The molecule has 1 aliphatic heterocycles. The Morgan fingerprint density at radius 3 is 2.82 bits per heavy atom. The van der Waals surface area contributed by atoms with Crippen LogP contribution in [-0.2, 0) is 0 Å². The number of nitrogens with zero attached hydrogens (tertiary/aromatic N) is 3. The lowest BCUT2D eigenvalue weighted by atomic mass is 10.0. The van der Waals surface area contributed by atoms with E-state index in [4.69, 9.17) is 4.98 Å². The van der Waals surface area contributed by atoms with Crippen molar-refractivity contribution in [2.75, 3.05) is 19.6 Å². The average Bonchev–Trinajstić information content (AvgIpc) is 3.17. The van der Waals surface area contributed by atoms with Crippen LogP contribution in [-0.4, -0.2) is 39.5 Å². The molecule has 4 rings (SSSR count). The highest BCUT2D eigenvalue weighted by atomic mass is 16.1. The van der Waals surface area contributed by atoms with Gasteiger partial charge in [0.15, 0.2) is 5.82 Å². The lowest BCUT2D eigenvalue weighted by Crippen LogP contribution is -2.23. The summed E-state index contributed by atoms with van der Waals surface area (Å²) in [5.74, 6) is 0.816. The van der Waals surface area contributed by atoms with Crippen molar-refractivity contribution in [2.24, 2.45) is 0 Å². The van der Waals surface area contributed by atoms with E-state index >= 15 is 0 Å². The quantitative estimate of drug-likeness (QED) is 0.741. The van der Waals surface area contributed by atoms with Gasteiger partial charge in [-0.1, -0.05) is 48.0 Å². The van der Waals surface area contributed by atoms with E-state index in [1.54, 1.807) is 12.3 Å². The fourth-order valence-corrected chi connectivity index (χ4v) is 3.76. The number of nitrogens with one attached hydrogen (secondary N) is 1. The third kappa shape index (κ3) is 4.43. The first kappa shape index (κ1) is 18.3. The number of pyridine rings is 1. The van der Waals surface area contributed by atoms with Gasteiger partial charge in [-0.15, -0.1) is 0 Å². The van der Waals surface area contributed by atoms with E-state index in [1.807, 2.05) is 24.3 Å². The monoisotopic (exact) mass is 372 g/mol. The number of aromatic amines is 1. The molecule has 1 N–H and O–H groups in total. The summed E-state index contributed by atoms with van der Waals surface area (Å²) in [6.45, 7) is 5.03. The van der Waals surface area contributed by atoms with E-state index in [2.05, 4.69) is 52.1 Å². The molecular formula is C23H24N4O. The molecule has 5 heteroatoms. The largest absolute Gasteiger partial charge is 0.305 e. The molecule has 28 heavy (non-hydrogen) atoms. The minimum atomic E-state index is -0.121. The van der Waals surface area contributed by atoms with Crippen molar-refractivity contribution in [3.63, 3.8) is 0 Å². The standard InChI is InChI=1S/C23H24N4O/c1-17(13-18-7-3-2-4-8-18)15-27-12-10-19(16-27)21-14-22(28)26-23(25-21)20-9-5-6-11-24-20/h2-9,11,13-14,19H,10,12,15-16H2,1H3,(H,25,26,28)/b17-13+/t19-/m1/s1. The van der Waals surface area contributed by atoms with Gasteiger partial charge in [-0.25, -0.2) is 4.98 Å². The van der Waals surface area contributed by atoms with Crippen LogP contribution < -0.4 is 5.56 Å². The van der Waals surface area contributed by atoms with E-state index in [1.165, 1.54) is 11.1 Å². The second-order valence-corrected chi connectivity index (χ2v) is 7.36. The minimum absolute atomic E-state index is 0.121. The molecule has 0 radical (unpaired) electrons. The van der Waals surface area contributed by atoms with Crippen molar-refractivity contribution in [2.45, 2.75) is 19.3 Å². The molecule has 2 aromatic heterocycles. The minimum Gasteiger partial charge on any atom is -0.305 e. The Balaban J connectivity index is 1.46. The molecule has 1 atom stereocenters. The Kier molecular flexibility index (Phi) is 5.44. The molecule has 0 spiro atoms. The molecule has 0 unspecified atom stereocenters. The number of aromatic nitrogens is 3. The third-order valence-electron chi connectivity index (χ3n) is 5.05. The van der Waals surface area contributed by atoms with Crippen LogP contribution in [0.1, 0.15) is 30.5 Å². The molecule has 142 valence electrons. The van der Waals surface area contributed by atoms with Crippen LogP contribution in [0.3, 0.4) is 0 Å². The van der Waals surface area contributed by atoms with Crippen molar-refractivity contribution in [1.82, 2.24) is 19.9 Å². The van der Waals surface area contributed by atoms with Gasteiger partial charge in [-0.05, 0) is 37.6 Å². The summed E-state index contributed by atoms with van der Waals surface area (Å²) in [4.78, 5) is 26.4. The zero-order valence-corrected chi connectivity index (χ0v) is 16.0. The van der Waals surface area contributed by atoms with Crippen molar-refractivity contribution in [3.8, 4) is 11.5 Å². The predicted octanol–water partition coefficient (Wildman–Crippen LogP) is 3.72. The van der Waals surface area contributed by atoms with Gasteiger partial charge in [0.1, 0.15) is 5.69 Å². The maximum Gasteiger partial charge on any atom is 0.251 e. The van der Waals surface area contributed by atoms with Crippen molar-refractivity contribution in [3.05, 3.63) is 88.0 Å². The first-order valence-corrected chi connectivity index (χ1v) is 9.64. The zero-order chi connectivity index (χ0) is 19.3. The summed E-state index contributed by atoms with van der Waals surface area (Å²) in [5.41, 5.74) is 3.99. The lowest BCUT2D eigenvalue weighted by Gasteiger charge is -2.16. The van der Waals surface area contributed by atoms with Crippen molar-refractivity contribution < 1.29 is 0 Å². The van der Waals surface area contributed by atoms with Gasteiger partial charge in [-0.2, -0.15) is 0 Å². The van der Waals surface area contributed by atoms with E-state index < -0.39 is 0 Å². The Morgan fingerprint density at radius 1 is 1.21 bits per heavy atom. The molecule has 3 aromatic rings. The predicted molar refractivity (Wildman–Crippen MR) is 112 cm³/mol. The van der Waals surface area contributed by atoms with Gasteiger partial charge in [-0.3, -0.25) is 14.7 Å². The van der Waals surface area contributed by atoms with E-state index in [0.29, 0.717) is 11.5 Å². The maximum absolute atomic E-state index is 12.2. The first-order valence-electron chi connectivity index (χ1n) is 9.64. The van der Waals surface area contributed by atoms with Crippen LogP contribution in [0.2, 0.25) is 0 Å². The molecule has 1 aromatic carbocycles. The van der Waals surface area contributed by atoms with Crippen molar-refractivity contribution in [1.29, 1.82) is 0 Å². The van der Waals surface area contributed by atoms with E-state index in [-0.39, 0.29) is 11.5 Å². The highest BCUT2D eigenvalue weighted by molar-refractivity contribution is 5.52. The first-order chi connectivity index (χ1) is 13.7. The number of hydrogen-bond donors (Lipinski definition) is 1.